The summed E-state index contributed by atoms with van der Waals surface area (Å²) < 4.78 is 5.21. The Kier molecular flexibility index (Phi) is 5.13. The molecule has 1 aliphatic heterocycles. The summed E-state index contributed by atoms with van der Waals surface area (Å²) in [5, 5.41) is 6.88. The van der Waals surface area contributed by atoms with E-state index < -0.39 is 0 Å². The first kappa shape index (κ1) is 16.5. The number of hydrogen-bond donors (Lipinski definition) is 1. The number of ether oxygens (including phenoxy) is 1. The SMILES string of the molecule is CC[C@H](C(=O)N1CCCC[C@H]1c1ncn[nH]1)c1ccc(OC)cc1. The van der Waals surface area contributed by atoms with Crippen molar-refractivity contribution in [2.75, 3.05) is 13.7 Å². The summed E-state index contributed by atoms with van der Waals surface area (Å²) in [6.45, 7) is 2.83. The third-order valence-electron chi connectivity index (χ3n) is 4.76. The summed E-state index contributed by atoms with van der Waals surface area (Å²) in [5.41, 5.74) is 1.03. The molecule has 1 N–H and O–H groups in total. The van der Waals surface area contributed by atoms with Crippen molar-refractivity contribution in [2.24, 2.45) is 0 Å². The average molecular weight is 328 g/mol. The van der Waals surface area contributed by atoms with Crippen molar-refractivity contribution in [1.82, 2.24) is 20.1 Å². The Bertz CT molecular complexity index is 654. The maximum atomic E-state index is 13.2. The van der Waals surface area contributed by atoms with Gasteiger partial charge in [0.05, 0.1) is 19.1 Å². The van der Waals surface area contributed by atoms with Gasteiger partial charge in [-0.3, -0.25) is 9.89 Å². The van der Waals surface area contributed by atoms with Gasteiger partial charge in [-0.25, -0.2) is 4.98 Å². The topological polar surface area (TPSA) is 71.1 Å². The number of carbonyl (C=O) groups excluding carboxylic acids is 1. The van der Waals surface area contributed by atoms with Crippen LogP contribution in [-0.2, 0) is 4.79 Å². The van der Waals surface area contributed by atoms with Crippen LogP contribution in [0.4, 0.5) is 0 Å². The highest BCUT2D eigenvalue weighted by molar-refractivity contribution is 5.84. The minimum absolute atomic E-state index is 0.000971. The molecule has 6 nitrogen and oxygen atoms in total. The summed E-state index contributed by atoms with van der Waals surface area (Å²) in [6, 6.07) is 7.79. The number of piperidine rings is 1. The molecule has 3 rings (SSSR count). The zero-order valence-electron chi connectivity index (χ0n) is 14.2. The highest BCUT2D eigenvalue weighted by Crippen LogP contribution is 2.33. The van der Waals surface area contributed by atoms with Crippen molar-refractivity contribution in [3.63, 3.8) is 0 Å². The van der Waals surface area contributed by atoms with E-state index in [0.717, 1.165) is 49.4 Å². The predicted molar refractivity (Wildman–Crippen MR) is 90.7 cm³/mol. The number of aromatic amines is 1. The summed E-state index contributed by atoms with van der Waals surface area (Å²) in [5.74, 6) is 1.62. The standard InChI is InChI=1S/C18H24N4O2/c1-3-15(13-7-9-14(24-2)10-8-13)18(23)22-11-5-4-6-16(22)17-19-12-20-21-17/h7-10,12,15-16H,3-6,11H2,1-2H3,(H,19,20,21)/t15-,16-/m0/s1. The van der Waals surface area contributed by atoms with E-state index in [0.29, 0.717) is 0 Å². The fraction of sp³-hybridized carbons (Fsp3) is 0.500. The number of H-pyrrole nitrogens is 1. The van der Waals surface area contributed by atoms with Gasteiger partial charge in [0, 0.05) is 6.54 Å². The molecule has 24 heavy (non-hydrogen) atoms. The molecule has 2 heterocycles. The van der Waals surface area contributed by atoms with Crippen LogP contribution in [0.25, 0.3) is 0 Å². The fourth-order valence-corrected chi connectivity index (χ4v) is 3.44. The van der Waals surface area contributed by atoms with Gasteiger partial charge in [-0.2, -0.15) is 5.10 Å². The molecule has 2 atom stereocenters. The molecule has 2 aromatic rings. The van der Waals surface area contributed by atoms with E-state index in [1.165, 1.54) is 6.33 Å². The lowest BCUT2D eigenvalue weighted by Gasteiger charge is -2.36. The number of rotatable bonds is 5. The monoisotopic (exact) mass is 328 g/mol. The summed E-state index contributed by atoms with van der Waals surface area (Å²) in [4.78, 5) is 19.5. The van der Waals surface area contributed by atoms with Gasteiger partial charge in [-0.1, -0.05) is 19.1 Å². The van der Waals surface area contributed by atoms with E-state index in [1.54, 1.807) is 7.11 Å². The predicted octanol–water partition coefficient (Wildman–Crippen LogP) is 3.06. The molecule has 0 radical (unpaired) electrons. The normalized spacial score (nSPS) is 19.1. The molecule has 1 fully saturated rings. The number of nitrogens with one attached hydrogen (secondary N) is 1. The smallest absolute Gasteiger partial charge is 0.230 e. The second-order valence-corrected chi connectivity index (χ2v) is 6.15. The van der Waals surface area contributed by atoms with Crippen LogP contribution in [0.3, 0.4) is 0 Å². The zero-order valence-corrected chi connectivity index (χ0v) is 14.2. The lowest BCUT2D eigenvalue weighted by Crippen LogP contribution is -2.41. The molecule has 1 saturated heterocycles. The largest absolute Gasteiger partial charge is 0.497 e. The molecule has 128 valence electrons. The number of methoxy groups -OCH3 is 1. The van der Waals surface area contributed by atoms with Gasteiger partial charge in [-0.15, -0.1) is 0 Å². The van der Waals surface area contributed by atoms with Gasteiger partial charge < -0.3 is 9.64 Å². The first-order valence-corrected chi connectivity index (χ1v) is 8.54. The van der Waals surface area contributed by atoms with E-state index >= 15 is 0 Å². The first-order valence-electron chi connectivity index (χ1n) is 8.54. The molecule has 0 aliphatic carbocycles. The van der Waals surface area contributed by atoms with E-state index in [4.69, 9.17) is 4.74 Å². The molecular formula is C18H24N4O2. The van der Waals surface area contributed by atoms with E-state index in [1.807, 2.05) is 29.2 Å². The molecule has 0 unspecified atom stereocenters. The third-order valence-corrected chi connectivity index (χ3v) is 4.76. The number of aromatic nitrogens is 3. The molecule has 0 spiro atoms. The molecule has 1 aliphatic rings. The number of carbonyl (C=O) groups is 1. The van der Waals surface area contributed by atoms with Crippen molar-refractivity contribution in [3.8, 4) is 5.75 Å². The minimum Gasteiger partial charge on any atom is -0.497 e. The number of likely N-dealkylation sites (tertiary alicyclic amines) is 1. The van der Waals surface area contributed by atoms with Crippen LogP contribution < -0.4 is 4.74 Å². The van der Waals surface area contributed by atoms with Gasteiger partial charge in [0.1, 0.15) is 17.9 Å². The van der Waals surface area contributed by atoms with Crippen molar-refractivity contribution >= 4 is 5.91 Å². The fourth-order valence-electron chi connectivity index (χ4n) is 3.44. The van der Waals surface area contributed by atoms with Crippen molar-refractivity contribution in [2.45, 2.75) is 44.6 Å². The Morgan fingerprint density at radius 3 is 2.79 bits per heavy atom. The van der Waals surface area contributed by atoms with Crippen LogP contribution in [0.2, 0.25) is 0 Å². The molecule has 0 saturated carbocycles. The van der Waals surface area contributed by atoms with Crippen LogP contribution in [-0.4, -0.2) is 39.6 Å². The van der Waals surface area contributed by atoms with E-state index in [-0.39, 0.29) is 17.9 Å². The second kappa shape index (κ2) is 7.47. The van der Waals surface area contributed by atoms with Crippen LogP contribution in [0.1, 0.15) is 56.0 Å². The Balaban J connectivity index is 1.83. The van der Waals surface area contributed by atoms with Gasteiger partial charge in [0.2, 0.25) is 5.91 Å². The minimum atomic E-state index is -0.139. The van der Waals surface area contributed by atoms with Gasteiger partial charge in [-0.05, 0) is 43.4 Å². The van der Waals surface area contributed by atoms with Crippen molar-refractivity contribution in [1.29, 1.82) is 0 Å². The van der Waals surface area contributed by atoms with Gasteiger partial charge in [0.15, 0.2) is 0 Å². The number of nitrogens with zero attached hydrogens (tertiary/aromatic N) is 3. The van der Waals surface area contributed by atoms with Crippen LogP contribution in [0.5, 0.6) is 5.75 Å². The zero-order chi connectivity index (χ0) is 16.9. The van der Waals surface area contributed by atoms with Crippen LogP contribution in [0.15, 0.2) is 30.6 Å². The highest BCUT2D eigenvalue weighted by atomic mass is 16.5. The quantitative estimate of drug-likeness (QED) is 0.915. The van der Waals surface area contributed by atoms with Crippen molar-refractivity contribution < 1.29 is 9.53 Å². The Morgan fingerprint density at radius 1 is 1.38 bits per heavy atom. The maximum absolute atomic E-state index is 13.2. The van der Waals surface area contributed by atoms with Crippen molar-refractivity contribution in [3.05, 3.63) is 42.0 Å². The summed E-state index contributed by atoms with van der Waals surface area (Å²) in [7, 11) is 1.65. The first-order chi connectivity index (χ1) is 11.7. The van der Waals surface area contributed by atoms with E-state index in [2.05, 4.69) is 22.1 Å². The number of benzene rings is 1. The lowest BCUT2D eigenvalue weighted by molar-refractivity contribution is -0.137. The Hall–Kier alpha value is -2.37. The number of amides is 1. The molecular weight excluding hydrogens is 304 g/mol. The second-order valence-electron chi connectivity index (χ2n) is 6.15. The molecule has 6 heteroatoms. The molecule has 0 bridgehead atoms. The lowest BCUT2D eigenvalue weighted by atomic mass is 9.92. The van der Waals surface area contributed by atoms with Gasteiger partial charge in [0.25, 0.3) is 0 Å². The molecule has 1 amide bonds. The molecule has 1 aromatic heterocycles. The van der Waals surface area contributed by atoms with E-state index in [9.17, 15) is 4.79 Å². The number of hydrogen-bond acceptors (Lipinski definition) is 4. The van der Waals surface area contributed by atoms with Crippen LogP contribution >= 0.6 is 0 Å². The van der Waals surface area contributed by atoms with Gasteiger partial charge >= 0.3 is 0 Å². The Labute approximate surface area is 142 Å². The summed E-state index contributed by atoms with van der Waals surface area (Å²) in [6.07, 6.45) is 5.35. The third kappa shape index (κ3) is 3.27. The highest BCUT2D eigenvalue weighted by Gasteiger charge is 2.33. The average Bonchev–Trinajstić information content (AvgIpc) is 3.17. The van der Waals surface area contributed by atoms with Crippen LogP contribution in [0, 0.1) is 0 Å². The Morgan fingerprint density at radius 2 is 2.17 bits per heavy atom. The summed E-state index contributed by atoms with van der Waals surface area (Å²) >= 11 is 0. The maximum Gasteiger partial charge on any atom is 0.230 e. The molecule has 1 aromatic carbocycles.